The first-order valence-electron chi connectivity index (χ1n) is 6.72. The van der Waals surface area contributed by atoms with Crippen molar-refractivity contribution in [2.45, 2.75) is 13.5 Å². The summed E-state index contributed by atoms with van der Waals surface area (Å²) in [4.78, 5) is 5.14. The first-order valence-corrected chi connectivity index (χ1v) is 7.54. The van der Waals surface area contributed by atoms with Crippen molar-refractivity contribution in [3.8, 4) is 0 Å². The van der Waals surface area contributed by atoms with Crippen molar-refractivity contribution in [3.63, 3.8) is 0 Å². The average Bonchev–Trinajstić information content (AvgIpc) is 2.82. The van der Waals surface area contributed by atoms with E-state index in [9.17, 15) is 0 Å². The second kappa shape index (κ2) is 10.3. The molecule has 0 fully saturated rings. The standard InChI is InChI=1S/C14H26N2O2S/c1-13-4-5-14(19-13)12-15-6-7-16(8-10-17-2)9-11-18-3/h4-5,15H,6-12H2,1-3H3. The third kappa shape index (κ3) is 7.64. The molecule has 1 heterocycles. The van der Waals surface area contributed by atoms with Crippen molar-refractivity contribution >= 4 is 11.3 Å². The van der Waals surface area contributed by atoms with E-state index in [0.29, 0.717) is 0 Å². The Balaban J connectivity index is 2.15. The molecular weight excluding hydrogens is 260 g/mol. The van der Waals surface area contributed by atoms with Crippen LogP contribution >= 0.6 is 11.3 Å². The number of nitrogens with one attached hydrogen (secondary N) is 1. The Morgan fingerprint density at radius 2 is 1.79 bits per heavy atom. The highest BCUT2D eigenvalue weighted by molar-refractivity contribution is 7.11. The Morgan fingerprint density at radius 3 is 2.32 bits per heavy atom. The van der Waals surface area contributed by atoms with Crippen LogP contribution in [0.1, 0.15) is 9.75 Å². The van der Waals surface area contributed by atoms with E-state index in [4.69, 9.17) is 9.47 Å². The first-order chi connectivity index (χ1) is 9.26. The van der Waals surface area contributed by atoms with Gasteiger partial charge >= 0.3 is 0 Å². The molecule has 5 heteroatoms. The van der Waals surface area contributed by atoms with Crippen molar-refractivity contribution in [2.75, 3.05) is 53.6 Å². The minimum absolute atomic E-state index is 0.772. The fourth-order valence-electron chi connectivity index (χ4n) is 1.81. The van der Waals surface area contributed by atoms with E-state index in [1.54, 1.807) is 14.2 Å². The minimum atomic E-state index is 0.772. The maximum atomic E-state index is 5.13. The van der Waals surface area contributed by atoms with Crippen LogP contribution in [0.15, 0.2) is 12.1 Å². The zero-order chi connectivity index (χ0) is 13.9. The number of ether oxygens (including phenoxy) is 2. The molecule has 19 heavy (non-hydrogen) atoms. The van der Waals surface area contributed by atoms with Crippen LogP contribution in [0.25, 0.3) is 0 Å². The van der Waals surface area contributed by atoms with E-state index < -0.39 is 0 Å². The summed E-state index contributed by atoms with van der Waals surface area (Å²) in [7, 11) is 3.48. The topological polar surface area (TPSA) is 33.7 Å². The van der Waals surface area contributed by atoms with E-state index in [1.165, 1.54) is 9.75 Å². The molecule has 0 atom stereocenters. The zero-order valence-electron chi connectivity index (χ0n) is 12.3. The quantitative estimate of drug-likeness (QED) is 0.628. The van der Waals surface area contributed by atoms with Crippen molar-refractivity contribution in [1.29, 1.82) is 0 Å². The van der Waals surface area contributed by atoms with Gasteiger partial charge in [0.1, 0.15) is 0 Å². The molecule has 1 aromatic heterocycles. The number of methoxy groups -OCH3 is 2. The van der Waals surface area contributed by atoms with Gasteiger partial charge in [0.15, 0.2) is 0 Å². The van der Waals surface area contributed by atoms with Gasteiger partial charge in [-0.2, -0.15) is 0 Å². The Labute approximate surface area is 120 Å². The fraction of sp³-hybridized carbons (Fsp3) is 0.714. The number of nitrogens with zero attached hydrogens (tertiary/aromatic N) is 1. The first kappa shape index (κ1) is 16.6. The van der Waals surface area contributed by atoms with Crippen LogP contribution in [0.4, 0.5) is 0 Å². The summed E-state index contributed by atoms with van der Waals surface area (Å²) < 4.78 is 10.3. The van der Waals surface area contributed by atoms with Crippen molar-refractivity contribution < 1.29 is 9.47 Å². The van der Waals surface area contributed by atoms with Gasteiger partial charge in [-0.15, -0.1) is 11.3 Å². The van der Waals surface area contributed by atoms with Gasteiger partial charge in [-0.1, -0.05) is 0 Å². The van der Waals surface area contributed by atoms with Crippen molar-refractivity contribution in [2.24, 2.45) is 0 Å². The number of rotatable bonds is 11. The summed E-state index contributed by atoms with van der Waals surface area (Å²) in [5.74, 6) is 0. The summed E-state index contributed by atoms with van der Waals surface area (Å²) in [6.07, 6.45) is 0. The summed E-state index contributed by atoms with van der Waals surface area (Å²) in [5, 5.41) is 3.49. The number of thiophene rings is 1. The molecular formula is C14H26N2O2S. The third-order valence-electron chi connectivity index (χ3n) is 2.92. The third-order valence-corrected chi connectivity index (χ3v) is 3.92. The maximum absolute atomic E-state index is 5.13. The van der Waals surface area contributed by atoms with Crippen molar-refractivity contribution in [3.05, 3.63) is 21.9 Å². The number of aryl methyl sites for hydroxylation is 1. The largest absolute Gasteiger partial charge is 0.383 e. The lowest BCUT2D eigenvalue weighted by molar-refractivity contribution is 0.114. The molecule has 0 aliphatic carbocycles. The summed E-state index contributed by atoms with van der Waals surface area (Å²) in [6.45, 7) is 8.58. The molecule has 1 aromatic rings. The Morgan fingerprint density at radius 1 is 1.11 bits per heavy atom. The van der Waals surface area contributed by atoms with E-state index in [-0.39, 0.29) is 0 Å². The predicted octanol–water partition coefficient (Wildman–Crippen LogP) is 1.74. The van der Waals surface area contributed by atoms with Crippen LogP contribution in [-0.2, 0) is 16.0 Å². The molecule has 0 aromatic carbocycles. The lowest BCUT2D eigenvalue weighted by Gasteiger charge is -2.21. The summed E-state index contributed by atoms with van der Waals surface area (Å²) >= 11 is 1.86. The van der Waals surface area contributed by atoms with Crippen LogP contribution in [0.5, 0.6) is 0 Å². The van der Waals surface area contributed by atoms with E-state index >= 15 is 0 Å². The molecule has 0 saturated heterocycles. The predicted molar refractivity (Wildman–Crippen MR) is 81.0 cm³/mol. The molecule has 110 valence electrons. The summed E-state index contributed by atoms with van der Waals surface area (Å²) in [6, 6.07) is 4.37. The Kier molecular flexibility index (Phi) is 9.03. The fourth-order valence-corrected chi connectivity index (χ4v) is 2.67. The molecule has 0 aliphatic heterocycles. The van der Waals surface area contributed by atoms with Gasteiger partial charge < -0.3 is 14.8 Å². The second-order valence-electron chi connectivity index (χ2n) is 4.52. The number of hydrogen-bond acceptors (Lipinski definition) is 5. The van der Waals surface area contributed by atoms with Crippen molar-refractivity contribution in [1.82, 2.24) is 10.2 Å². The summed E-state index contributed by atoms with van der Waals surface area (Å²) in [5.41, 5.74) is 0. The molecule has 0 aliphatic rings. The highest BCUT2D eigenvalue weighted by Crippen LogP contribution is 2.14. The highest BCUT2D eigenvalue weighted by atomic mass is 32.1. The van der Waals surface area contributed by atoms with E-state index in [1.807, 2.05) is 11.3 Å². The molecule has 0 bridgehead atoms. The molecule has 0 radical (unpaired) electrons. The smallest absolute Gasteiger partial charge is 0.0589 e. The molecule has 1 rings (SSSR count). The zero-order valence-corrected chi connectivity index (χ0v) is 13.1. The second-order valence-corrected chi connectivity index (χ2v) is 5.89. The maximum Gasteiger partial charge on any atom is 0.0589 e. The number of hydrogen-bond donors (Lipinski definition) is 1. The van der Waals surface area contributed by atoms with Crippen LogP contribution in [0.2, 0.25) is 0 Å². The van der Waals surface area contributed by atoms with Gasteiger partial charge in [-0.05, 0) is 19.1 Å². The monoisotopic (exact) mass is 286 g/mol. The Hall–Kier alpha value is -0.460. The van der Waals surface area contributed by atoms with Gasteiger partial charge in [0.05, 0.1) is 13.2 Å². The van der Waals surface area contributed by atoms with E-state index in [0.717, 1.165) is 45.9 Å². The SMILES string of the molecule is COCCN(CCNCc1ccc(C)s1)CCOC. The molecule has 0 unspecified atom stereocenters. The normalized spacial score (nSPS) is 11.4. The lowest BCUT2D eigenvalue weighted by Crippen LogP contribution is -2.36. The van der Waals surface area contributed by atoms with Gasteiger partial charge in [-0.3, -0.25) is 4.90 Å². The highest BCUT2D eigenvalue weighted by Gasteiger charge is 2.04. The van der Waals surface area contributed by atoms with Crippen LogP contribution in [0.3, 0.4) is 0 Å². The van der Waals surface area contributed by atoms with Gasteiger partial charge in [0.25, 0.3) is 0 Å². The van der Waals surface area contributed by atoms with E-state index in [2.05, 4.69) is 29.3 Å². The van der Waals surface area contributed by atoms with Crippen LogP contribution < -0.4 is 5.32 Å². The van der Waals surface area contributed by atoms with Gasteiger partial charge in [0, 0.05) is 56.7 Å². The minimum Gasteiger partial charge on any atom is -0.383 e. The molecule has 1 N–H and O–H groups in total. The average molecular weight is 286 g/mol. The molecule has 4 nitrogen and oxygen atoms in total. The van der Waals surface area contributed by atoms with Gasteiger partial charge in [-0.25, -0.2) is 0 Å². The lowest BCUT2D eigenvalue weighted by atomic mass is 10.4. The van der Waals surface area contributed by atoms with Crippen LogP contribution in [-0.4, -0.2) is 58.5 Å². The molecule has 0 saturated carbocycles. The molecule has 0 spiro atoms. The van der Waals surface area contributed by atoms with Crippen LogP contribution in [0, 0.1) is 6.92 Å². The Bertz CT molecular complexity index is 323. The van der Waals surface area contributed by atoms with Gasteiger partial charge in [0.2, 0.25) is 0 Å². The molecule has 0 amide bonds.